The predicted molar refractivity (Wildman–Crippen MR) is 89.7 cm³/mol. The number of aromatic carboxylic acids is 2. The number of nitrogens with zero attached hydrogens (tertiary/aromatic N) is 2. The smallest absolute Gasteiger partial charge is 0.337 e. The number of carbonyl (C=O) groups is 2. The Morgan fingerprint density at radius 1 is 0.760 bits per heavy atom. The van der Waals surface area contributed by atoms with E-state index in [1.54, 1.807) is 36.7 Å². The van der Waals surface area contributed by atoms with Gasteiger partial charge in [-0.3, -0.25) is 10.2 Å². The van der Waals surface area contributed by atoms with Gasteiger partial charge >= 0.3 is 11.9 Å². The van der Waals surface area contributed by atoms with E-state index in [0.717, 1.165) is 10.8 Å². The lowest BCUT2D eigenvalue weighted by molar-refractivity contribution is 0.0688. The number of fused-ring (bicyclic) bond motifs is 2. The van der Waals surface area contributed by atoms with Gasteiger partial charge in [0.2, 0.25) is 0 Å². The number of H-pyrrole nitrogens is 2. The van der Waals surface area contributed by atoms with Crippen molar-refractivity contribution in [3.63, 3.8) is 0 Å². The average molecular weight is 342 g/mol. The molecule has 0 radical (unpaired) electrons. The molecule has 2 heterocycles. The zero-order valence-corrected chi connectivity index (χ0v) is 12.7. The lowest BCUT2D eigenvalue weighted by Gasteiger charge is -1.93. The van der Waals surface area contributed by atoms with Crippen LogP contribution in [0.1, 0.15) is 20.7 Å². The first kappa shape index (κ1) is 17.6. The summed E-state index contributed by atoms with van der Waals surface area (Å²) in [6.07, 6.45) is 3.20. The van der Waals surface area contributed by atoms with Crippen molar-refractivity contribution in [2.75, 3.05) is 0 Å². The van der Waals surface area contributed by atoms with Gasteiger partial charge in [0.05, 0.1) is 34.6 Å². The first-order valence-electron chi connectivity index (χ1n) is 6.88. The Morgan fingerprint density at radius 3 is 1.52 bits per heavy atom. The molecule has 4 aromatic rings. The van der Waals surface area contributed by atoms with E-state index in [-0.39, 0.29) is 16.6 Å². The van der Waals surface area contributed by atoms with Gasteiger partial charge < -0.3 is 15.7 Å². The zero-order valence-electron chi connectivity index (χ0n) is 12.7. The molecule has 4 rings (SSSR count). The summed E-state index contributed by atoms with van der Waals surface area (Å²) >= 11 is 0. The van der Waals surface area contributed by atoms with Crippen molar-refractivity contribution >= 4 is 33.7 Å². The van der Waals surface area contributed by atoms with Gasteiger partial charge in [-0.2, -0.15) is 10.2 Å². The number of hydrogen-bond acceptors (Lipinski definition) is 4. The molecule has 0 spiro atoms. The van der Waals surface area contributed by atoms with E-state index in [4.69, 9.17) is 10.2 Å². The molecule has 0 aliphatic heterocycles. The minimum atomic E-state index is -0.940. The Bertz CT molecular complexity index is 953. The van der Waals surface area contributed by atoms with E-state index in [1.807, 2.05) is 12.1 Å². The predicted octanol–water partition coefficient (Wildman–Crippen LogP) is 1.70. The highest BCUT2D eigenvalue weighted by Crippen LogP contribution is 2.15. The van der Waals surface area contributed by atoms with E-state index in [0.29, 0.717) is 11.0 Å². The number of carboxylic acid groups (broad SMARTS) is 2. The van der Waals surface area contributed by atoms with Crippen molar-refractivity contribution in [2.45, 2.75) is 0 Å². The SMILES string of the molecule is O.O=C(O)c1cccc2cn[nH]c12.O=C(O)c1cccc2cn[nH]c12. The van der Waals surface area contributed by atoms with Crippen LogP contribution in [0.5, 0.6) is 0 Å². The second-order valence-corrected chi connectivity index (χ2v) is 4.89. The van der Waals surface area contributed by atoms with Crippen LogP contribution in [0.4, 0.5) is 0 Å². The van der Waals surface area contributed by atoms with E-state index < -0.39 is 11.9 Å². The largest absolute Gasteiger partial charge is 0.478 e. The molecule has 9 heteroatoms. The van der Waals surface area contributed by atoms with Crippen molar-refractivity contribution in [1.82, 2.24) is 20.4 Å². The summed E-state index contributed by atoms with van der Waals surface area (Å²) in [5, 5.41) is 31.9. The Labute approximate surface area is 140 Å². The van der Waals surface area contributed by atoms with Gasteiger partial charge in [-0.05, 0) is 12.1 Å². The quantitative estimate of drug-likeness (QED) is 0.433. The Kier molecular flexibility index (Phi) is 5.10. The minimum absolute atomic E-state index is 0. The summed E-state index contributed by atoms with van der Waals surface area (Å²) in [7, 11) is 0. The van der Waals surface area contributed by atoms with E-state index in [9.17, 15) is 9.59 Å². The molecule has 0 atom stereocenters. The van der Waals surface area contributed by atoms with Gasteiger partial charge in [0.15, 0.2) is 0 Å². The molecule has 0 aliphatic rings. The minimum Gasteiger partial charge on any atom is -0.478 e. The molecular formula is C16H14N4O5. The summed E-state index contributed by atoms with van der Waals surface area (Å²) in [6, 6.07) is 10.1. The van der Waals surface area contributed by atoms with Crippen molar-refractivity contribution < 1.29 is 25.3 Å². The van der Waals surface area contributed by atoms with Crippen molar-refractivity contribution in [1.29, 1.82) is 0 Å². The van der Waals surface area contributed by atoms with Crippen LogP contribution in [0.15, 0.2) is 48.8 Å². The third kappa shape index (κ3) is 3.46. The molecule has 25 heavy (non-hydrogen) atoms. The van der Waals surface area contributed by atoms with Crippen LogP contribution in [0, 0.1) is 0 Å². The summed E-state index contributed by atoms with van der Waals surface area (Å²) in [4.78, 5) is 21.3. The maximum atomic E-state index is 10.7. The Hall–Kier alpha value is -3.72. The fraction of sp³-hybridized carbons (Fsp3) is 0. The van der Waals surface area contributed by atoms with Gasteiger partial charge in [-0.25, -0.2) is 9.59 Å². The van der Waals surface area contributed by atoms with Crippen LogP contribution in [0.25, 0.3) is 21.8 Å². The number of aromatic amines is 2. The lowest BCUT2D eigenvalue weighted by Crippen LogP contribution is -1.96. The van der Waals surface area contributed by atoms with Gasteiger partial charge in [0.25, 0.3) is 0 Å². The summed E-state index contributed by atoms with van der Waals surface area (Å²) in [5.41, 5.74) is 1.66. The van der Waals surface area contributed by atoms with Gasteiger partial charge in [-0.1, -0.05) is 24.3 Å². The molecule has 128 valence electrons. The fourth-order valence-corrected chi connectivity index (χ4v) is 2.29. The molecule has 0 saturated heterocycles. The Balaban J connectivity index is 0.000000173. The molecule has 2 aromatic carbocycles. The summed E-state index contributed by atoms with van der Waals surface area (Å²) in [5.74, 6) is -1.88. The van der Waals surface area contributed by atoms with Gasteiger partial charge in [-0.15, -0.1) is 0 Å². The van der Waals surface area contributed by atoms with Crippen molar-refractivity contribution in [3.8, 4) is 0 Å². The normalized spacial score (nSPS) is 9.92. The van der Waals surface area contributed by atoms with Crippen molar-refractivity contribution in [3.05, 3.63) is 59.9 Å². The molecule has 0 saturated carbocycles. The van der Waals surface area contributed by atoms with E-state index in [1.165, 1.54) is 0 Å². The number of nitrogens with one attached hydrogen (secondary N) is 2. The molecule has 2 aromatic heterocycles. The molecule has 0 bridgehead atoms. The molecule has 0 fully saturated rings. The number of para-hydroxylation sites is 2. The van der Waals surface area contributed by atoms with Gasteiger partial charge in [0, 0.05) is 10.8 Å². The third-order valence-corrected chi connectivity index (χ3v) is 3.41. The molecule has 0 amide bonds. The maximum absolute atomic E-state index is 10.7. The van der Waals surface area contributed by atoms with Gasteiger partial charge in [0.1, 0.15) is 0 Å². The molecule has 6 N–H and O–H groups in total. The fourth-order valence-electron chi connectivity index (χ4n) is 2.29. The first-order chi connectivity index (χ1) is 11.6. The van der Waals surface area contributed by atoms with Crippen LogP contribution in [0.2, 0.25) is 0 Å². The second-order valence-electron chi connectivity index (χ2n) is 4.89. The maximum Gasteiger partial charge on any atom is 0.337 e. The molecule has 0 aliphatic carbocycles. The van der Waals surface area contributed by atoms with E-state index >= 15 is 0 Å². The average Bonchev–Trinajstić information content (AvgIpc) is 3.23. The van der Waals surface area contributed by atoms with Crippen LogP contribution < -0.4 is 0 Å². The zero-order chi connectivity index (χ0) is 17.1. The molecule has 9 nitrogen and oxygen atoms in total. The third-order valence-electron chi connectivity index (χ3n) is 3.41. The topological polar surface area (TPSA) is 163 Å². The molecule has 0 unspecified atom stereocenters. The van der Waals surface area contributed by atoms with Crippen LogP contribution in [-0.4, -0.2) is 48.0 Å². The standard InChI is InChI=1S/2C8H6N2O2.H2O/c2*11-8(12)6-3-1-2-5-4-9-10-7(5)6;/h2*1-4H,(H,9,10)(H,11,12);1H2. The van der Waals surface area contributed by atoms with Crippen LogP contribution in [0.3, 0.4) is 0 Å². The van der Waals surface area contributed by atoms with Crippen LogP contribution in [-0.2, 0) is 0 Å². The number of carboxylic acids is 2. The highest BCUT2D eigenvalue weighted by molar-refractivity contribution is 6.02. The number of benzene rings is 2. The number of hydrogen-bond donors (Lipinski definition) is 4. The molecular weight excluding hydrogens is 328 g/mol. The first-order valence-corrected chi connectivity index (χ1v) is 6.88. The lowest BCUT2D eigenvalue weighted by atomic mass is 10.1. The van der Waals surface area contributed by atoms with Crippen LogP contribution >= 0.6 is 0 Å². The van der Waals surface area contributed by atoms with E-state index in [2.05, 4.69) is 20.4 Å². The number of aromatic nitrogens is 4. The highest BCUT2D eigenvalue weighted by atomic mass is 16.4. The highest BCUT2D eigenvalue weighted by Gasteiger charge is 2.08. The summed E-state index contributed by atoms with van der Waals surface area (Å²) in [6.45, 7) is 0. The monoisotopic (exact) mass is 342 g/mol. The Morgan fingerprint density at radius 2 is 1.16 bits per heavy atom. The number of rotatable bonds is 2. The summed E-state index contributed by atoms with van der Waals surface area (Å²) < 4.78 is 0. The second kappa shape index (κ2) is 7.23. The van der Waals surface area contributed by atoms with Crippen molar-refractivity contribution in [2.24, 2.45) is 0 Å².